The quantitative estimate of drug-likeness (QED) is 0.846. The second-order valence-corrected chi connectivity index (χ2v) is 6.60. The summed E-state index contributed by atoms with van der Waals surface area (Å²) in [5.74, 6) is -1.51. The van der Waals surface area contributed by atoms with E-state index in [1.807, 2.05) is 42.6 Å². The molecule has 6 nitrogen and oxygen atoms in total. The smallest absolute Gasteiger partial charge is 0.306 e. The topological polar surface area (TPSA) is 84.2 Å². The molecule has 0 saturated heterocycles. The van der Waals surface area contributed by atoms with E-state index < -0.39 is 11.9 Å². The van der Waals surface area contributed by atoms with Crippen LogP contribution in [0.1, 0.15) is 37.3 Å². The third-order valence-corrected chi connectivity index (χ3v) is 4.84. The van der Waals surface area contributed by atoms with Gasteiger partial charge >= 0.3 is 5.97 Å². The number of rotatable bonds is 6. The van der Waals surface area contributed by atoms with Gasteiger partial charge in [0.1, 0.15) is 0 Å². The molecule has 132 valence electrons. The molecule has 1 unspecified atom stereocenters. The van der Waals surface area contributed by atoms with Crippen LogP contribution in [0.25, 0.3) is 0 Å². The summed E-state index contributed by atoms with van der Waals surface area (Å²) in [5, 5.41) is 16.6. The SMILES string of the molecule is O=C(O)[C@H]1CCC[C@@H](C(=O)NC(Cn2cccn2)c2ccccc2)C1. The number of nitrogens with one attached hydrogen (secondary N) is 1. The van der Waals surface area contributed by atoms with E-state index in [0.29, 0.717) is 19.4 Å². The third-order valence-electron chi connectivity index (χ3n) is 4.84. The van der Waals surface area contributed by atoms with Crippen molar-refractivity contribution in [2.75, 3.05) is 0 Å². The van der Waals surface area contributed by atoms with Crippen molar-refractivity contribution in [3.05, 3.63) is 54.4 Å². The number of hydrogen-bond donors (Lipinski definition) is 2. The fourth-order valence-electron chi connectivity index (χ4n) is 3.46. The number of benzene rings is 1. The minimum absolute atomic E-state index is 0.0630. The highest BCUT2D eigenvalue weighted by Crippen LogP contribution is 2.30. The van der Waals surface area contributed by atoms with Gasteiger partial charge < -0.3 is 10.4 Å². The van der Waals surface area contributed by atoms with Crippen LogP contribution in [0.5, 0.6) is 0 Å². The Labute approximate surface area is 146 Å². The number of carboxylic acid groups (broad SMARTS) is 1. The van der Waals surface area contributed by atoms with E-state index in [4.69, 9.17) is 0 Å². The second kappa shape index (κ2) is 7.96. The summed E-state index contributed by atoms with van der Waals surface area (Å²) in [6.07, 6.45) is 6.19. The highest BCUT2D eigenvalue weighted by Gasteiger charge is 2.32. The number of hydrogen-bond acceptors (Lipinski definition) is 3. The van der Waals surface area contributed by atoms with Crippen molar-refractivity contribution in [1.82, 2.24) is 15.1 Å². The molecule has 25 heavy (non-hydrogen) atoms. The third kappa shape index (κ3) is 4.47. The van der Waals surface area contributed by atoms with Crippen LogP contribution >= 0.6 is 0 Å². The molecule has 6 heteroatoms. The number of carboxylic acids is 1. The summed E-state index contributed by atoms with van der Waals surface area (Å²) < 4.78 is 1.79. The zero-order valence-electron chi connectivity index (χ0n) is 14.0. The van der Waals surface area contributed by atoms with E-state index in [1.165, 1.54) is 0 Å². The minimum Gasteiger partial charge on any atom is -0.481 e. The number of aliphatic carboxylic acids is 1. The summed E-state index contributed by atoms with van der Waals surface area (Å²) in [6, 6.07) is 11.4. The first-order valence-electron chi connectivity index (χ1n) is 8.69. The Balaban J connectivity index is 1.71. The molecule has 1 aliphatic rings. The lowest BCUT2D eigenvalue weighted by Gasteiger charge is -2.28. The van der Waals surface area contributed by atoms with Crippen molar-refractivity contribution in [1.29, 1.82) is 0 Å². The molecular formula is C19H23N3O3. The van der Waals surface area contributed by atoms with Gasteiger partial charge in [-0.05, 0) is 30.9 Å². The van der Waals surface area contributed by atoms with Crippen molar-refractivity contribution in [3.8, 4) is 0 Å². The van der Waals surface area contributed by atoms with Crippen LogP contribution in [-0.4, -0.2) is 26.8 Å². The summed E-state index contributed by atoms with van der Waals surface area (Å²) >= 11 is 0. The monoisotopic (exact) mass is 341 g/mol. The van der Waals surface area contributed by atoms with Crippen molar-refractivity contribution in [2.24, 2.45) is 11.8 Å². The minimum atomic E-state index is -0.798. The van der Waals surface area contributed by atoms with Gasteiger partial charge in [-0.25, -0.2) is 0 Å². The Kier molecular flexibility index (Phi) is 5.48. The van der Waals surface area contributed by atoms with E-state index in [2.05, 4.69) is 10.4 Å². The number of carbonyl (C=O) groups excluding carboxylic acids is 1. The van der Waals surface area contributed by atoms with E-state index in [0.717, 1.165) is 18.4 Å². The van der Waals surface area contributed by atoms with Crippen molar-refractivity contribution in [3.63, 3.8) is 0 Å². The molecule has 0 bridgehead atoms. The first-order chi connectivity index (χ1) is 12.1. The molecule has 1 amide bonds. The Bertz CT molecular complexity index is 700. The molecule has 0 spiro atoms. The summed E-state index contributed by atoms with van der Waals surface area (Å²) in [7, 11) is 0. The highest BCUT2D eigenvalue weighted by atomic mass is 16.4. The Morgan fingerprint density at radius 2 is 1.96 bits per heavy atom. The average Bonchev–Trinajstić information content (AvgIpc) is 3.15. The predicted octanol–water partition coefficient (Wildman–Crippen LogP) is 2.63. The number of nitrogens with zero attached hydrogens (tertiary/aromatic N) is 2. The van der Waals surface area contributed by atoms with Gasteiger partial charge in [0.2, 0.25) is 5.91 Å². The van der Waals surface area contributed by atoms with Crippen LogP contribution in [0.15, 0.2) is 48.8 Å². The maximum absolute atomic E-state index is 12.7. The van der Waals surface area contributed by atoms with Crippen molar-refractivity contribution in [2.45, 2.75) is 38.3 Å². The largest absolute Gasteiger partial charge is 0.481 e. The molecule has 3 atom stereocenters. The van der Waals surface area contributed by atoms with Gasteiger partial charge in [-0.1, -0.05) is 36.8 Å². The zero-order chi connectivity index (χ0) is 17.6. The number of aromatic nitrogens is 2. The highest BCUT2D eigenvalue weighted by molar-refractivity contribution is 5.80. The van der Waals surface area contributed by atoms with E-state index in [-0.39, 0.29) is 17.9 Å². The molecule has 1 aliphatic carbocycles. The fraction of sp³-hybridized carbons (Fsp3) is 0.421. The standard InChI is InChI=1S/C19H23N3O3/c23-18(15-8-4-9-16(12-15)19(24)25)21-17(13-22-11-5-10-20-22)14-6-2-1-3-7-14/h1-3,5-7,10-11,15-17H,4,8-9,12-13H2,(H,21,23)(H,24,25)/t15-,16+,17?/m1/s1. The molecule has 0 aliphatic heterocycles. The van der Waals surface area contributed by atoms with Gasteiger partial charge in [0.25, 0.3) is 0 Å². The summed E-state index contributed by atoms with van der Waals surface area (Å²) in [6.45, 7) is 0.540. The van der Waals surface area contributed by atoms with Gasteiger partial charge in [-0.2, -0.15) is 5.10 Å². The molecule has 1 aromatic heterocycles. The lowest BCUT2D eigenvalue weighted by Crippen LogP contribution is -2.38. The molecule has 1 saturated carbocycles. The van der Waals surface area contributed by atoms with Crippen LogP contribution in [0.4, 0.5) is 0 Å². The normalized spacial score (nSPS) is 21.4. The zero-order valence-corrected chi connectivity index (χ0v) is 14.0. The van der Waals surface area contributed by atoms with Crippen LogP contribution in [0.3, 0.4) is 0 Å². The lowest BCUT2D eigenvalue weighted by atomic mass is 9.81. The van der Waals surface area contributed by atoms with Crippen molar-refractivity contribution >= 4 is 11.9 Å². The van der Waals surface area contributed by atoms with Crippen LogP contribution in [-0.2, 0) is 16.1 Å². The molecule has 1 heterocycles. The molecule has 3 rings (SSSR count). The van der Waals surface area contributed by atoms with Crippen molar-refractivity contribution < 1.29 is 14.7 Å². The maximum Gasteiger partial charge on any atom is 0.306 e. The summed E-state index contributed by atoms with van der Waals surface area (Å²) in [5.41, 5.74) is 1.01. The van der Waals surface area contributed by atoms with E-state index >= 15 is 0 Å². The van der Waals surface area contributed by atoms with Gasteiger partial charge in [0.15, 0.2) is 0 Å². The maximum atomic E-state index is 12.7. The fourth-order valence-corrected chi connectivity index (χ4v) is 3.46. The number of carbonyl (C=O) groups is 2. The Morgan fingerprint density at radius 3 is 2.64 bits per heavy atom. The van der Waals surface area contributed by atoms with Gasteiger partial charge in [-0.3, -0.25) is 14.3 Å². The molecule has 1 fully saturated rings. The van der Waals surface area contributed by atoms with Gasteiger partial charge in [-0.15, -0.1) is 0 Å². The number of amides is 1. The molecule has 0 radical (unpaired) electrons. The molecule has 2 N–H and O–H groups in total. The van der Waals surface area contributed by atoms with Gasteiger partial charge in [0.05, 0.1) is 18.5 Å². The van der Waals surface area contributed by atoms with E-state index in [1.54, 1.807) is 10.9 Å². The Hall–Kier alpha value is -2.63. The molecular weight excluding hydrogens is 318 g/mol. The molecule has 2 aromatic rings. The van der Waals surface area contributed by atoms with E-state index in [9.17, 15) is 14.7 Å². The van der Waals surface area contributed by atoms with Crippen LogP contribution < -0.4 is 5.32 Å². The second-order valence-electron chi connectivity index (χ2n) is 6.60. The Morgan fingerprint density at radius 1 is 1.20 bits per heavy atom. The first-order valence-corrected chi connectivity index (χ1v) is 8.69. The molecule has 1 aromatic carbocycles. The van der Waals surface area contributed by atoms with Gasteiger partial charge in [0, 0.05) is 18.3 Å². The van der Waals surface area contributed by atoms with Crippen LogP contribution in [0.2, 0.25) is 0 Å². The first kappa shape index (κ1) is 17.2. The summed E-state index contributed by atoms with van der Waals surface area (Å²) in [4.78, 5) is 24.0. The lowest BCUT2D eigenvalue weighted by molar-refractivity contribution is -0.144. The predicted molar refractivity (Wildman–Crippen MR) is 92.6 cm³/mol. The average molecular weight is 341 g/mol. The van der Waals surface area contributed by atoms with Crippen LogP contribution in [0, 0.1) is 11.8 Å².